The molecule has 0 aromatic heterocycles. The maximum Gasteiger partial charge on any atom is 0.0892 e. The van der Waals surface area contributed by atoms with Gasteiger partial charge in [0.05, 0.1) is 12.2 Å². The standard InChI is InChI=1S/2C25H22O/c2*26-24-23-13-7-6-12-21(23)17-25(24,16-18-8-2-1-3-9-18)22-14-19-10-4-5-11-20(19)15-22/h2*1-14,24,26H,15-17H2/t2*24-,25+/m10/s1. The summed E-state index contributed by atoms with van der Waals surface area (Å²) in [6, 6.07) is 55.2. The van der Waals surface area contributed by atoms with Crippen molar-refractivity contribution in [3.05, 3.63) is 225 Å². The van der Waals surface area contributed by atoms with Crippen LogP contribution in [-0.2, 0) is 38.5 Å². The van der Waals surface area contributed by atoms with Crippen molar-refractivity contribution in [2.75, 3.05) is 0 Å². The summed E-state index contributed by atoms with van der Waals surface area (Å²) in [6.07, 6.45) is 9.15. The molecule has 0 aliphatic heterocycles. The van der Waals surface area contributed by atoms with Crippen LogP contribution in [0.3, 0.4) is 0 Å². The molecule has 0 saturated carbocycles. The average molecular weight is 677 g/mol. The van der Waals surface area contributed by atoms with Gasteiger partial charge in [-0.3, -0.25) is 0 Å². The maximum atomic E-state index is 11.5. The van der Waals surface area contributed by atoms with Crippen molar-refractivity contribution in [2.45, 2.75) is 50.7 Å². The number of hydrogen-bond donors (Lipinski definition) is 2. The number of rotatable bonds is 6. The van der Waals surface area contributed by atoms with E-state index in [2.05, 4.69) is 158 Å². The van der Waals surface area contributed by atoms with Crippen molar-refractivity contribution in [1.82, 2.24) is 0 Å². The van der Waals surface area contributed by atoms with E-state index in [1.165, 1.54) is 55.7 Å². The molecule has 52 heavy (non-hydrogen) atoms. The van der Waals surface area contributed by atoms with Gasteiger partial charge in [0.1, 0.15) is 0 Å². The van der Waals surface area contributed by atoms with Gasteiger partial charge < -0.3 is 10.2 Å². The quantitative estimate of drug-likeness (QED) is 0.184. The van der Waals surface area contributed by atoms with Gasteiger partial charge in [0.25, 0.3) is 0 Å². The zero-order chi connectivity index (χ0) is 35.1. The molecule has 4 aliphatic rings. The SMILES string of the molecule is O[C@@H]1c2ccccc2C[C@@]1(Cc1ccccc1)C1=Cc2ccccc2C1.O[C@H]1c2ccccc2C[C@]1(Cc1ccccc1)C1=Cc2ccccc2C1. The molecule has 4 aliphatic carbocycles. The van der Waals surface area contributed by atoms with E-state index in [9.17, 15) is 10.2 Å². The second kappa shape index (κ2) is 13.4. The summed E-state index contributed by atoms with van der Waals surface area (Å²) >= 11 is 0. The van der Waals surface area contributed by atoms with E-state index >= 15 is 0 Å². The summed E-state index contributed by atoms with van der Waals surface area (Å²) in [5.41, 5.74) is 14.9. The van der Waals surface area contributed by atoms with E-state index in [0.29, 0.717) is 0 Å². The van der Waals surface area contributed by atoms with Crippen molar-refractivity contribution in [1.29, 1.82) is 0 Å². The van der Waals surface area contributed by atoms with E-state index in [4.69, 9.17) is 0 Å². The van der Waals surface area contributed by atoms with Gasteiger partial charge in [0.15, 0.2) is 0 Å². The lowest BCUT2D eigenvalue weighted by atomic mass is 9.70. The first-order chi connectivity index (χ1) is 25.5. The molecule has 0 amide bonds. The molecule has 6 aromatic rings. The van der Waals surface area contributed by atoms with Gasteiger partial charge in [-0.25, -0.2) is 0 Å². The van der Waals surface area contributed by atoms with Crippen LogP contribution in [0.15, 0.2) is 169 Å². The van der Waals surface area contributed by atoms with Crippen LogP contribution in [0.4, 0.5) is 0 Å². The molecule has 2 heteroatoms. The maximum absolute atomic E-state index is 11.5. The first kappa shape index (κ1) is 32.6. The van der Waals surface area contributed by atoms with Crippen LogP contribution in [0.2, 0.25) is 0 Å². The van der Waals surface area contributed by atoms with Crippen molar-refractivity contribution in [3.63, 3.8) is 0 Å². The third-order valence-corrected chi connectivity index (χ3v) is 12.3. The largest absolute Gasteiger partial charge is 0.387 e. The van der Waals surface area contributed by atoms with Crippen LogP contribution < -0.4 is 0 Å². The van der Waals surface area contributed by atoms with Crippen LogP contribution in [0.1, 0.15) is 67.8 Å². The zero-order valence-electron chi connectivity index (χ0n) is 29.5. The smallest absolute Gasteiger partial charge is 0.0892 e. The Bertz CT molecular complexity index is 2140. The highest BCUT2D eigenvalue weighted by Crippen LogP contribution is 2.56. The molecule has 0 radical (unpaired) electrons. The number of fused-ring (bicyclic) bond motifs is 4. The fraction of sp³-hybridized carbons (Fsp3) is 0.200. The summed E-state index contributed by atoms with van der Waals surface area (Å²) in [4.78, 5) is 0. The van der Waals surface area contributed by atoms with Gasteiger partial charge in [0, 0.05) is 10.8 Å². The van der Waals surface area contributed by atoms with Crippen LogP contribution >= 0.6 is 0 Å². The van der Waals surface area contributed by atoms with E-state index in [1.807, 2.05) is 12.1 Å². The molecular formula is C50H44O2. The third kappa shape index (κ3) is 5.68. The Morgan fingerprint density at radius 2 is 0.750 bits per heavy atom. The Morgan fingerprint density at radius 1 is 0.404 bits per heavy atom. The minimum atomic E-state index is -0.459. The van der Waals surface area contributed by atoms with Gasteiger partial charge in [-0.2, -0.15) is 0 Å². The zero-order valence-corrected chi connectivity index (χ0v) is 29.5. The predicted octanol–water partition coefficient (Wildman–Crippen LogP) is 10.3. The second-order valence-corrected chi connectivity index (χ2v) is 15.3. The lowest BCUT2D eigenvalue weighted by Crippen LogP contribution is -2.31. The summed E-state index contributed by atoms with van der Waals surface area (Å²) in [7, 11) is 0. The molecular weight excluding hydrogens is 633 g/mol. The summed E-state index contributed by atoms with van der Waals surface area (Å²) in [5, 5.41) is 22.9. The molecule has 0 fully saturated rings. The van der Waals surface area contributed by atoms with Crippen molar-refractivity contribution < 1.29 is 10.2 Å². The molecule has 0 bridgehead atoms. The van der Waals surface area contributed by atoms with Crippen molar-refractivity contribution in [2.24, 2.45) is 10.8 Å². The Kier molecular flexibility index (Phi) is 8.38. The molecule has 256 valence electrons. The Balaban J connectivity index is 0.000000138. The van der Waals surface area contributed by atoms with E-state index in [1.54, 1.807) is 0 Å². The number of aliphatic hydroxyl groups is 2. The van der Waals surface area contributed by atoms with Gasteiger partial charge in [0.2, 0.25) is 0 Å². The van der Waals surface area contributed by atoms with Crippen LogP contribution in [-0.4, -0.2) is 10.2 Å². The van der Waals surface area contributed by atoms with Gasteiger partial charge in [-0.05, 0) is 94.2 Å². The monoisotopic (exact) mass is 676 g/mol. The van der Waals surface area contributed by atoms with Crippen LogP contribution in [0.5, 0.6) is 0 Å². The predicted molar refractivity (Wildman–Crippen MR) is 212 cm³/mol. The second-order valence-electron chi connectivity index (χ2n) is 15.3. The molecule has 2 N–H and O–H groups in total. The van der Waals surface area contributed by atoms with Gasteiger partial charge in [-0.1, -0.05) is 181 Å². The summed E-state index contributed by atoms with van der Waals surface area (Å²) in [5.74, 6) is 0. The van der Waals surface area contributed by atoms with Gasteiger partial charge in [-0.15, -0.1) is 0 Å². The van der Waals surface area contributed by atoms with E-state index in [0.717, 1.165) is 49.7 Å². The topological polar surface area (TPSA) is 40.5 Å². The molecule has 0 spiro atoms. The van der Waals surface area contributed by atoms with Gasteiger partial charge >= 0.3 is 0 Å². The molecule has 6 aromatic carbocycles. The number of aliphatic hydroxyl groups excluding tert-OH is 2. The summed E-state index contributed by atoms with van der Waals surface area (Å²) < 4.78 is 0. The molecule has 10 rings (SSSR count). The average Bonchev–Trinajstić information content (AvgIpc) is 3.96. The van der Waals surface area contributed by atoms with E-state index < -0.39 is 12.2 Å². The Labute approximate surface area is 307 Å². The first-order valence-corrected chi connectivity index (χ1v) is 18.7. The number of hydrogen-bond acceptors (Lipinski definition) is 2. The fourth-order valence-corrected chi connectivity index (χ4v) is 9.64. The minimum absolute atomic E-state index is 0.260. The molecule has 4 atom stereocenters. The van der Waals surface area contributed by atoms with Crippen LogP contribution in [0, 0.1) is 10.8 Å². The first-order valence-electron chi connectivity index (χ1n) is 18.7. The highest BCUT2D eigenvalue weighted by molar-refractivity contribution is 5.68. The normalized spacial score (nSPS) is 23.4. The third-order valence-electron chi connectivity index (χ3n) is 12.3. The van der Waals surface area contributed by atoms with Crippen LogP contribution in [0.25, 0.3) is 12.2 Å². The molecule has 0 saturated heterocycles. The van der Waals surface area contributed by atoms with Crippen molar-refractivity contribution in [3.8, 4) is 0 Å². The highest BCUT2D eigenvalue weighted by Gasteiger charge is 2.49. The van der Waals surface area contributed by atoms with Crippen molar-refractivity contribution >= 4 is 12.2 Å². The highest BCUT2D eigenvalue weighted by atomic mass is 16.3. The Hall–Kier alpha value is -5.28. The molecule has 0 unspecified atom stereocenters. The van der Waals surface area contributed by atoms with E-state index in [-0.39, 0.29) is 10.8 Å². The summed E-state index contributed by atoms with van der Waals surface area (Å²) in [6.45, 7) is 0. The number of benzene rings is 6. The lowest BCUT2D eigenvalue weighted by Gasteiger charge is -2.35. The Morgan fingerprint density at radius 3 is 1.13 bits per heavy atom. The molecule has 0 heterocycles. The minimum Gasteiger partial charge on any atom is -0.387 e. The lowest BCUT2D eigenvalue weighted by molar-refractivity contribution is 0.0650. The molecule has 2 nitrogen and oxygen atoms in total. The fourth-order valence-electron chi connectivity index (χ4n) is 9.64.